The van der Waals surface area contributed by atoms with Crippen LogP contribution >= 0.6 is 11.6 Å². The second-order valence-electron chi connectivity index (χ2n) is 6.33. The number of morpholine rings is 1. The number of nitrogens with zero attached hydrogens (tertiary/aromatic N) is 1. The Bertz CT molecular complexity index is 908. The number of ketones is 1. The average molecular weight is 410 g/mol. The molecule has 3 rings (SSSR count). The minimum absolute atomic E-state index is 0.0802. The first-order chi connectivity index (χ1) is 12.9. The highest BCUT2D eigenvalue weighted by atomic mass is 35.5. The van der Waals surface area contributed by atoms with E-state index in [1.807, 2.05) is 12.1 Å². The Morgan fingerprint density at radius 3 is 2.33 bits per heavy atom. The van der Waals surface area contributed by atoms with Gasteiger partial charge in [-0.2, -0.15) is 8.42 Å². The lowest BCUT2D eigenvalue weighted by molar-refractivity contribution is -0.118. The Morgan fingerprint density at radius 2 is 1.74 bits per heavy atom. The van der Waals surface area contributed by atoms with Gasteiger partial charge in [0.15, 0.2) is 11.0 Å². The molecular weight excluding hydrogens is 390 g/mol. The van der Waals surface area contributed by atoms with Crippen LogP contribution in [0.15, 0.2) is 48.5 Å². The van der Waals surface area contributed by atoms with Crippen LogP contribution in [0, 0.1) is 0 Å². The maximum absolute atomic E-state index is 12.7. The molecule has 0 spiro atoms. The van der Waals surface area contributed by atoms with Gasteiger partial charge in [0, 0.05) is 30.2 Å². The third-order valence-corrected chi connectivity index (χ3v) is 5.93. The van der Waals surface area contributed by atoms with Gasteiger partial charge in [-0.05, 0) is 29.3 Å². The molecule has 1 unspecified atom stereocenters. The molecule has 0 bridgehead atoms. The van der Waals surface area contributed by atoms with Crippen molar-refractivity contribution in [2.24, 2.45) is 0 Å². The van der Waals surface area contributed by atoms with Crippen LogP contribution < -0.4 is 4.90 Å². The molecule has 2 aromatic carbocycles. The molecule has 27 heavy (non-hydrogen) atoms. The van der Waals surface area contributed by atoms with E-state index in [2.05, 4.69) is 4.90 Å². The Kier molecular flexibility index (Phi) is 6.16. The summed E-state index contributed by atoms with van der Waals surface area (Å²) in [7, 11) is -4.64. The zero-order chi connectivity index (χ0) is 19.4. The van der Waals surface area contributed by atoms with Crippen molar-refractivity contribution in [2.75, 3.05) is 31.2 Å². The summed E-state index contributed by atoms with van der Waals surface area (Å²) < 4.78 is 38.6. The molecule has 8 heteroatoms. The van der Waals surface area contributed by atoms with E-state index in [-0.39, 0.29) is 17.0 Å². The predicted molar refractivity (Wildman–Crippen MR) is 104 cm³/mol. The van der Waals surface area contributed by atoms with Crippen LogP contribution in [-0.4, -0.2) is 45.1 Å². The standard InChI is InChI=1S/C19H20ClNO5S/c20-17-4-2-1-3-16(17)19(27(23,24)25)18(22)13-14-5-7-15(8-6-14)21-9-11-26-12-10-21/h1-8,19H,9-13H2,(H,23,24,25). The van der Waals surface area contributed by atoms with Crippen LogP contribution in [0.4, 0.5) is 5.69 Å². The van der Waals surface area contributed by atoms with Crippen molar-refractivity contribution in [3.63, 3.8) is 0 Å². The predicted octanol–water partition coefficient (Wildman–Crippen LogP) is 2.92. The highest BCUT2D eigenvalue weighted by Gasteiger charge is 2.34. The van der Waals surface area contributed by atoms with E-state index in [0.29, 0.717) is 18.8 Å². The first-order valence-electron chi connectivity index (χ1n) is 8.51. The molecule has 0 radical (unpaired) electrons. The summed E-state index contributed by atoms with van der Waals surface area (Å²) in [6.45, 7) is 2.95. The number of hydrogen-bond donors (Lipinski definition) is 1. The summed E-state index contributed by atoms with van der Waals surface area (Å²) in [6, 6.07) is 13.5. The average Bonchev–Trinajstić information content (AvgIpc) is 2.64. The molecule has 1 aliphatic heterocycles. The van der Waals surface area contributed by atoms with Crippen molar-refractivity contribution in [2.45, 2.75) is 11.7 Å². The van der Waals surface area contributed by atoms with Crippen LogP contribution in [0.1, 0.15) is 16.4 Å². The van der Waals surface area contributed by atoms with Crippen molar-refractivity contribution in [3.05, 3.63) is 64.7 Å². The SMILES string of the molecule is O=C(Cc1ccc(N2CCOCC2)cc1)C(c1ccccc1Cl)S(=O)(=O)O. The maximum Gasteiger partial charge on any atom is 0.279 e. The molecule has 0 aromatic heterocycles. The number of anilines is 1. The lowest BCUT2D eigenvalue weighted by atomic mass is 10.0. The minimum Gasteiger partial charge on any atom is -0.378 e. The summed E-state index contributed by atoms with van der Waals surface area (Å²) in [5.74, 6) is -0.635. The minimum atomic E-state index is -4.64. The van der Waals surface area contributed by atoms with Gasteiger partial charge < -0.3 is 9.64 Å². The van der Waals surface area contributed by atoms with Gasteiger partial charge in [0.05, 0.1) is 13.2 Å². The molecule has 2 aromatic rings. The molecule has 1 atom stereocenters. The molecule has 0 aliphatic carbocycles. The van der Waals surface area contributed by atoms with Gasteiger partial charge in [0.1, 0.15) is 0 Å². The van der Waals surface area contributed by atoms with Gasteiger partial charge >= 0.3 is 0 Å². The number of carbonyl (C=O) groups excluding carboxylic acids is 1. The zero-order valence-electron chi connectivity index (χ0n) is 14.5. The van der Waals surface area contributed by atoms with Gasteiger partial charge in [-0.1, -0.05) is 41.9 Å². The van der Waals surface area contributed by atoms with Crippen molar-refractivity contribution in [1.29, 1.82) is 0 Å². The Labute approximate surface area is 163 Å². The van der Waals surface area contributed by atoms with E-state index in [1.54, 1.807) is 24.3 Å². The fraction of sp³-hybridized carbons (Fsp3) is 0.316. The monoisotopic (exact) mass is 409 g/mol. The first-order valence-corrected chi connectivity index (χ1v) is 10.4. The van der Waals surface area contributed by atoms with E-state index >= 15 is 0 Å². The normalized spacial score (nSPS) is 16.1. The summed E-state index contributed by atoms with van der Waals surface area (Å²) in [4.78, 5) is 14.9. The molecular formula is C19H20ClNO5S. The van der Waals surface area contributed by atoms with Gasteiger partial charge in [-0.25, -0.2) is 0 Å². The summed E-state index contributed by atoms with van der Waals surface area (Å²) >= 11 is 6.04. The lowest BCUT2D eigenvalue weighted by Crippen LogP contribution is -2.36. The van der Waals surface area contributed by atoms with Crippen molar-refractivity contribution >= 4 is 33.2 Å². The van der Waals surface area contributed by atoms with Gasteiger partial charge in [0.2, 0.25) is 0 Å². The molecule has 1 aliphatic rings. The van der Waals surface area contributed by atoms with E-state index in [0.717, 1.165) is 18.8 Å². The third-order valence-electron chi connectivity index (χ3n) is 4.47. The van der Waals surface area contributed by atoms with E-state index in [1.165, 1.54) is 12.1 Å². The van der Waals surface area contributed by atoms with Gasteiger partial charge in [-0.3, -0.25) is 9.35 Å². The second kappa shape index (κ2) is 8.39. The molecule has 1 heterocycles. The molecule has 0 saturated carbocycles. The summed E-state index contributed by atoms with van der Waals surface area (Å²) in [6.07, 6.45) is -0.126. The number of hydrogen-bond acceptors (Lipinski definition) is 5. The van der Waals surface area contributed by atoms with Crippen LogP contribution in [0.5, 0.6) is 0 Å². The van der Waals surface area contributed by atoms with Crippen molar-refractivity contribution in [1.82, 2.24) is 0 Å². The molecule has 1 fully saturated rings. The Balaban J connectivity index is 1.79. The number of halogens is 1. The fourth-order valence-electron chi connectivity index (χ4n) is 3.13. The lowest BCUT2D eigenvalue weighted by Gasteiger charge is -2.28. The summed E-state index contributed by atoms with van der Waals surface area (Å²) in [5, 5.41) is -1.58. The molecule has 1 N–H and O–H groups in total. The molecule has 144 valence electrons. The number of benzene rings is 2. The first kappa shape index (κ1) is 19.8. The fourth-order valence-corrected chi connectivity index (χ4v) is 4.38. The highest BCUT2D eigenvalue weighted by molar-refractivity contribution is 7.86. The number of ether oxygens (including phenoxy) is 1. The van der Waals surface area contributed by atoms with E-state index in [4.69, 9.17) is 16.3 Å². The smallest absolute Gasteiger partial charge is 0.279 e. The van der Waals surface area contributed by atoms with Crippen LogP contribution in [0.3, 0.4) is 0 Å². The number of rotatable bonds is 6. The second-order valence-corrected chi connectivity index (χ2v) is 8.23. The number of Topliss-reactive ketones (excluding diaryl/α,β-unsaturated/α-hetero) is 1. The van der Waals surface area contributed by atoms with Crippen LogP contribution in [0.25, 0.3) is 0 Å². The largest absolute Gasteiger partial charge is 0.378 e. The van der Waals surface area contributed by atoms with Crippen molar-refractivity contribution in [3.8, 4) is 0 Å². The third kappa shape index (κ3) is 4.87. The van der Waals surface area contributed by atoms with E-state index < -0.39 is 21.2 Å². The van der Waals surface area contributed by atoms with Gasteiger partial charge in [-0.15, -0.1) is 0 Å². The van der Waals surface area contributed by atoms with E-state index in [9.17, 15) is 17.8 Å². The zero-order valence-corrected chi connectivity index (χ0v) is 16.1. The molecule has 1 saturated heterocycles. The number of carbonyl (C=O) groups is 1. The maximum atomic E-state index is 12.7. The Hall–Kier alpha value is -1.93. The Morgan fingerprint density at radius 1 is 1.11 bits per heavy atom. The molecule has 6 nitrogen and oxygen atoms in total. The van der Waals surface area contributed by atoms with Crippen molar-refractivity contribution < 1.29 is 22.5 Å². The van der Waals surface area contributed by atoms with Crippen LogP contribution in [-0.2, 0) is 26.1 Å². The molecule has 0 amide bonds. The van der Waals surface area contributed by atoms with Crippen LogP contribution in [0.2, 0.25) is 5.02 Å². The summed E-state index contributed by atoms with van der Waals surface area (Å²) in [5.41, 5.74) is 1.77. The topological polar surface area (TPSA) is 83.9 Å². The quantitative estimate of drug-likeness (QED) is 0.738. The van der Waals surface area contributed by atoms with Gasteiger partial charge in [0.25, 0.3) is 10.1 Å². The highest BCUT2D eigenvalue weighted by Crippen LogP contribution is 2.30.